The van der Waals surface area contributed by atoms with Crippen LogP contribution < -0.4 is 10.6 Å². The van der Waals surface area contributed by atoms with Crippen molar-refractivity contribution in [2.75, 3.05) is 17.7 Å². The summed E-state index contributed by atoms with van der Waals surface area (Å²) in [5.41, 5.74) is 7.67. The van der Waals surface area contributed by atoms with Crippen LogP contribution in [0.15, 0.2) is 41.0 Å². The maximum Gasteiger partial charge on any atom is 0.151 e. The molecule has 0 saturated heterocycles. The maximum absolute atomic E-state index is 5.91. The minimum Gasteiger partial charge on any atom is -0.396 e. The number of halogens is 2. The van der Waals surface area contributed by atoms with Crippen molar-refractivity contribution >= 4 is 39.0 Å². The average molecular weight is 327 g/mol. The summed E-state index contributed by atoms with van der Waals surface area (Å²) < 4.78 is 1.06. The third kappa shape index (κ3) is 3.15. The van der Waals surface area contributed by atoms with E-state index in [1.165, 1.54) is 5.56 Å². The molecule has 1 heterocycles. The van der Waals surface area contributed by atoms with Gasteiger partial charge >= 0.3 is 0 Å². The van der Waals surface area contributed by atoms with Crippen LogP contribution in [0.4, 0.5) is 11.5 Å². The lowest BCUT2D eigenvalue weighted by molar-refractivity contribution is 0.899. The highest BCUT2D eigenvalue weighted by atomic mass is 79.9. The SMILES string of the molecule is CN(Cc1cccc(Br)c1)c1ncc(Cl)cc1N. The largest absolute Gasteiger partial charge is 0.396 e. The molecule has 0 fully saturated rings. The first-order chi connectivity index (χ1) is 8.56. The second kappa shape index (κ2) is 5.59. The smallest absolute Gasteiger partial charge is 0.151 e. The molecule has 0 amide bonds. The molecule has 2 rings (SSSR count). The van der Waals surface area contributed by atoms with Gasteiger partial charge in [-0.1, -0.05) is 39.7 Å². The number of pyridine rings is 1. The topological polar surface area (TPSA) is 42.2 Å². The Hall–Kier alpha value is -1.26. The van der Waals surface area contributed by atoms with Crippen molar-refractivity contribution in [3.8, 4) is 0 Å². The summed E-state index contributed by atoms with van der Waals surface area (Å²) in [6, 6.07) is 9.85. The van der Waals surface area contributed by atoms with Gasteiger partial charge in [-0.2, -0.15) is 0 Å². The zero-order valence-electron chi connectivity index (χ0n) is 9.90. The van der Waals surface area contributed by atoms with Gasteiger partial charge in [-0.25, -0.2) is 4.98 Å². The molecule has 0 bridgehead atoms. The van der Waals surface area contributed by atoms with Crippen LogP contribution in [0.5, 0.6) is 0 Å². The lowest BCUT2D eigenvalue weighted by Crippen LogP contribution is -2.19. The first kappa shape index (κ1) is 13.2. The number of nitrogen functional groups attached to an aromatic ring is 1. The van der Waals surface area contributed by atoms with Gasteiger partial charge in [-0.3, -0.25) is 0 Å². The Morgan fingerprint density at radius 1 is 1.39 bits per heavy atom. The molecule has 0 unspecified atom stereocenters. The molecule has 18 heavy (non-hydrogen) atoms. The fourth-order valence-corrected chi connectivity index (χ4v) is 2.36. The third-order valence-electron chi connectivity index (χ3n) is 2.53. The van der Waals surface area contributed by atoms with Gasteiger partial charge < -0.3 is 10.6 Å². The Balaban J connectivity index is 2.19. The quantitative estimate of drug-likeness (QED) is 0.935. The second-order valence-corrected chi connectivity index (χ2v) is 5.40. The highest BCUT2D eigenvalue weighted by Crippen LogP contribution is 2.24. The van der Waals surface area contributed by atoms with E-state index in [4.69, 9.17) is 17.3 Å². The molecule has 94 valence electrons. The van der Waals surface area contributed by atoms with Crippen LogP contribution in [0.25, 0.3) is 0 Å². The standard InChI is InChI=1S/C13H13BrClN3/c1-18(8-9-3-2-4-10(14)5-9)13-12(16)6-11(15)7-17-13/h2-7H,8,16H2,1H3. The van der Waals surface area contributed by atoms with E-state index in [0.29, 0.717) is 10.7 Å². The van der Waals surface area contributed by atoms with Crippen molar-refractivity contribution in [2.24, 2.45) is 0 Å². The lowest BCUT2D eigenvalue weighted by Gasteiger charge is -2.20. The molecule has 0 aliphatic carbocycles. The first-order valence-electron chi connectivity index (χ1n) is 5.43. The van der Waals surface area contributed by atoms with Gasteiger partial charge in [-0.15, -0.1) is 0 Å². The van der Waals surface area contributed by atoms with Gasteiger partial charge in [0, 0.05) is 24.3 Å². The Bertz CT molecular complexity index is 560. The van der Waals surface area contributed by atoms with Crippen LogP contribution in [0.3, 0.4) is 0 Å². The van der Waals surface area contributed by atoms with Gasteiger partial charge in [0.25, 0.3) is 0 Å². The zero-order valence-corrected chi connectivity index (χ0v) is 12.2. The zero-order chi connectivity index (χ0) is 13.1. The van der Waals surface area contributed by atoms with E-state index >= 15 is 0 Å². The van der Waals surface area contributed by atoms with Crippen molar-refractivity contribution in [2.45, 2.75) is 6.54 Å². The van der Waals surface area contributed by atoms with Crippen LogP contribution >= 0.6 is 27.5 Å². The molecule has 5 heteroatoms. The molecule has 2 aromatic rings. The molecule has 2 N–H and O–H groups in total. The molecular formula is C13H13BrClN3. The number of rotatable bonds is 3. The fourth-order valence-electron chi connectivity index (χ4n) is 1.75. The normalized spacial score (nSPS) is 10.4. The Morgan fingerprint density at radius 2 is 2.17 bits per heavy atom. The Labute approximate surface area is 120 Å². The molecule has 0 atom stereocenters. The number of benzene rings is 1. The molecule has 3 nitrogen and oxygen atoms in total. The monoisotopic (exact) mass is 325 g/mol. The fraction of sp³-hybridized carbons (Fsp3) is 0.154. The molecule has 0 aliphatic rings. The minimum absolute atomic E-state index is 0.548. The summed E-state index contributed by atoms with van der Waals surface area (Å²) in [7, 11) is 1.95. The van der Waals surface area contributed by atoms with Gasteiger partial charge in [0.15, 0.2) is 5.82 Å². The Kier molecular flexibility index (Phi) is 4.09. The Morgan fingerprint density at radius 3 is 2.83 bits per heavy atom. The molecule has 0 saturated carbocycles. The highest BCUT2D eigenvalue weighted by molar-refractivity contribution is 9.10. The van der Waals surface area contributed by atoms with Crippen molar-refractivity contribution < 1.29 is 0 Å². The molecular weight excluding hydrogens is 314 g/mol. The van der Waals surface area contributed by atoms with E-state index in [0.717, 1.165) is 16.8 Å². The number of hydrogen-bond donors (Lipinski definition) is 1. The lowest BCUT2D eigenvalue weighted by atomic mass is 10.2. The van der Waals surface area contributed by atoms with Gasteiger partial charge in [0.2, 0.25) is 0 Å². The van der Waals surface area contributed by atoms with Crippen molar-refractivity contribution in [3.63, 3.8) is 0 Å². The van der Waals surface area contributed by atoms with Crippen molar-refractivity contribution in [1.82, 2.24) is 4.98 Å². The molecule has 1 aromatic heterocycles. The van der Waals surface area contributed by atoms with Crippen LogP contribution in [0.2, 0.25) is 5.02 Å². The molecule has 1 aromatic carbocycles. The predicted molar refractivity (Wildman–Crippen MR) is 79.9 cm³/mol. The average Bonchev–Trinajstić information content (AvgIpc) is 2.28. The van der Waals surface area contributed by atoms with Crippen molar-refractivity contribution in [3.05, 3.63) is 51.6 Å². The van der Waals surface area contributed by atoms with Crippen LogP contribution in [-0.4, -0.2) is 12.0 Å². The van der Waals surface area contributed by atoms with Crippen LogP contribution in [0, 0.1) is 0 Å². The predicted octanol–water partition coefficient (Wildman–Crippen LogP) is 3.72. The number of hydrogen-bond acceptors (Lipinski definition) is 3. The van der Waals surface area contributed by atoms with Gasteiger partial charge in [-0.05, 0) is 23.8 Å². The maximum atomic E-state index is 5.91. The second-order valence-electron chi connectivity index (χ2n) is 4.05. The summed E-state index contributed by atoms with van der Waals surface area (Å²) >= 11 is 9.29. The van der Waals surface area contributed by atoms with Crippen molar-refractivity contribution in [1.29, 1.82) is 0 Å². The minimum atomic E-state index is 0.548. The van der Waals surface area contributed by atoms with E-state index in [2.05, 4.69) is 33.0 Å². The summed E-state index contributed by atoms with van der Waals surface area (Å²) in [4.78, 5) is 6.25. The van der Waals surface area contributed by atoms with E-state index in [1.807, 2.05) is 24.1 Å². The molecule has 0 spiro atoms. The molecule has 0 radical (unpaired) electrons. The third-order valence-corrected chi connectivity index (χ3v) is 3.23. The van der Waals surface area contributed by atoms with E-state index < -0.39 is 0 Å². The van der Waals surface area contributed by atoms with Gasteiger partial charge in [0.05, 0.1) is 10.7 Å². The molecule has 0 aliphatic heterocycles. The summed E-state index contributed by atoms with van der Waals surface area (Å²) in [5.74, 6) is 0.736. The van der Waals surface area contributed by atoms with Gasteiger partial charge in [0.1, 0.15) is 0 Å². The summed E-state index contributed by atoms with van der Waals surface area (Å²) in [5, 5.41) is 0.548. The number of aromatic nitrogens is 1. The van der Waals surface area contributed by atoms with E-state index in [-0.39, 0.29) is 0 Å². The van der Waals surface area contributed by atoms with E-state index in [1.54, 1.807) is 12.3 Å². The number of nitrogens with two attached hydrogens (primary N) is 1. The number of anilines is 2. The highest BCUT2D eigenvalue weighted by Gasteiger charge is 2.08. The van der Waals surface area contributed by atoms with E-state index in [9.17, 15) is 0 Å². The summed E-state index contributed by atoms with van der Waals surface area (Å²) in [6.45, 7) is 0.734. The summed E-state index contributed by atoms with van der Waals surface area (Å²) in [6.07, 6.45) is 1.60. The van der Waals surface area contributed by atoms with Crippen LogP contribution in [-0.2, 0) is 6.54 Å². The first-order valence-corrected chi connectivity index (χ1v) is 6.60. The number of nitrogens with zero attached hydrogens (tertiary/aromatic N) is 2. The van der Waals surface area contributed by atoms with Crippen LogP contribution in [0.1, 0.15) is 5.56 Å².